The number of benzene rings is 1. The van der Waals surface area contributed by atoms with E-state index in [-0.39, 0.29) is 5.91 Å². The van der Waals surface area contributed by atoms with Gasteiger partial charge in [0.2, 0.25) is 0 Å². The molecule has 25 heavy (non-hydrogen) atoms. The van der Waals surface area contributed by atoms with Gasteiger partial charge < -0.3 is 9.32 Å². The van der Waals surface area contributed by atoms with Crippen LogP contribution in [0.15, 0.2) is 34.7 Å². The van der Waals surface area contributed by atoms with E-state index in [1.165, 1.54) is 6.42 Å². The fourth-order valence-corrected chi connectivity index (χ4v) is 3.46. The molecule has 3 aromatic rings. The summed E-state index contributed by atoms with van der Waals surface area (Å²) in [6.07, 6.45) is 3.33. The Bertz CT molecular complexity index is 940. The number of amides is 1. The number of hydrogen-bond acceptors (Lipinski definition) is 4. The van der Waals surface area contributed by atoms with Crippen LogP contribution in [0.4, 0.5) is 0 Å². The van der Waals surface area contributed by atoms with E-state index in [0.29, 0.717) is 35.5 Å². The molecule has 2 aliphatic carbocycles. The maximum Gasteiger partial charge on any atom is 0.254 e. The molecular formula is C19H20N4O2. The molecule has 0 saturated heterocycles. The summed E-state index contributed by atoms with van der Waals surface area (Å²) in [7, 11) is 0. The van der Waals surface area contributed by atoms with E-state index in [9.17, 15) is 4.79 Å². The fourth-order valence-electron chi connectivity index (χ4n) is 3.46. The Morgan fingerprint density at radius 2 is 2.04 bits per heavy atom. The van der Waals surface area contributed by atoms with Crippen LogP contribution in [0.1, 0.15) is 54.0 Å². The summed E-state index contributed by atoms with van der Waals surface area (Å²) >= 11 is 0. The minimum Gasteiger partial charge on any atom is -0.464 e. The quantitative estimate of drug-likeness (QED) is 0.774. The molecule has 128 valence electrons. The van der Waals surface area contributed by atoms with Gasteiger partial charge >= 0.3 is 0 Å². The van der Waals surface area contributed by atoms with Crippen LogP contribution in [0.3, 0.4) is 0 Å². The third-order valence-corrected chi connectivity index (χ3v) is 5.30. The van der Waals surface area contributed by atoms with Gasteiger partial charge in [0, 0.05) is 17.5 Å². The monoisotopic (exact) mass is 336 g/mol. The molecule has 1 amide bonds. The molecule has 0 aliphatic heterocycles. The number of furan rings is 1. The van der Waals surface area contributed by atoms with Crippen molar-refractivity contribution in [1.29, 1.82) is 0 Å². The molecule has 2 aromatic heterocycles. The molecule has 2 aliphatic rings. The maximum absolute atomic E-state index is 13.0. The van der Waals surface area contributed by atoms with Crippen LogP contribution in [0.5, 0.6) is 0 Å². The Kier molecular flexibility index (Phi) is 3.20. The highest BCUT2D eigenvalue weighted by atomic mass is 16.3. The normalized spacial score (nSPS) is 22.3. The smallest absolute Gasteiger partial charge is 0.254 e. The van der Waals surface area contributed by atoms with Gasteiger partial charge in [0.15, 0.2) is 0 Å². The molecule has 0 bridgehead atoms. The van der Waals surface area contributed by atoms with Gasteiger partial charge in [-0.3, -0.25) is 4.79 Å². The first-order chi connectivity index (χ1) is 12.2. The second-order valence-corrected chi connectivity index (χ2v) is 7.31. The Morgan fingerprint density at radius 3 is 2.80 bits per heavy atom. The zero-order valence-electron chi connectivity index (χ0n) is 14.1. The first-order valence-corrected chi connectivity index (χ1v) is 8.89. The lowest BCUT2D eigenvalue weighted by atomic mass is 10.1. The molecule has 0 unspecified atom stereocenters. The molecule has 2 heterocycles. The minimum absolute atomic E-state index is 0.0325. The van der Waals surface area contributed by atoms with Crippen molar-refractivity contribution in [3.63, 3.8) is 0 Å². The molecule has 6 heteroatoms. The predicted octanol–water partition coefficient (Wildman–Crippen LogP) is 3.48. The van der Waals surface area contributed by atoms with Crippen molar-refractivity contribution < 1.29 is 9.21 Å². The van der Waals surface area contributed by atoms with E-state index < -0.39 is 0 Å². The summed E-state index contributed by atoms with van der Waals surface area (Å²) in [6, 6.07) is 9.85. The average Bonchev–Trinajstić information content (AvgIpc) is 3.48. The van der Waals surface area contributed by atoms with Gasteiger partial charge in [-0.25, -0.2) is 0 Å². The molecule has 5 rings (SSSR count). The molecule has 0 spiro atoms. The lowest BCUT2D eigenvalue weighted by Gasteiger charge is -2.21. The van der Waals surface area contributed by atoms with Crippen LogP contribution in [0.2, 0.25) is 0 Å². The van der Waals surface area contributed by atoms with Crippen LogP contribution >= 0.6 is 0 Å². The summed E-state index contributed by atoms with van der Waals surface area (Å²) < 4.78 is 6.01. The van der Waals surface area contributed by atoms with Gasteiger partial charge in [-0.15, -0.1) is 0 Å². The highest BCUT2D eigenvalue weighted by Crippen LogP contribution is 2.47. The zero-order chi connectivity index (χ0) is 17.0. The van der Waals surface area contributed by atoms with Crippen molar-refractivity contribution in [3.05, 3.63) is 47.4 Å². The minimum atomic E-state index is 0.0325. The number of H-pyrrole nitrogens is 1. The first kappa shape index (κ1) is 14.7. The third-order valence-electron chi connectivity index (χ3n) is 5.30. The molecule has 2 fully saturated rings. The number of carbonyl (C=O) groups excluding carboxylic acids is 1. The Morgan fingerprint density at radius 1 is 1.24 bits per heavy atom. The number of hydrogen-bond donors (Lipinski definition) is 1. The third kappa shape index (κ3) is 2.71. The average molecular weight is 336 g/mol. The van der Waals surface area contributed by atoms with Crippen molar-refractivity contribution in [2.24, 2.45) is 5.92 Å². The lowest BCUT2D eigenvalue weighted by Crippen LogP contribution is -2.32. The Labute approximate surface area is 145 Å². The van der Waals surface area contributed by atoms with Gasteiger partial charge in [-0.2, -0.15) is 15.4 Å². The topological polar surface area (TPSA) is 75.0 Å². The van der Waals surface area contributed by atoms with Crippen molar-refractivity contribution in [3.8, 4) is 0 Å². The van der Waals surface area contributed by atoms with Crippen molar-refractivity contribution in [2.45, 2.75) is 44.7 Å². The highest BCUT2D eigenvalue weighted by Gasteiger charge is 2.37. The van der Waals surface area contributed by atoms with E-state index >= 15 is 0 Å². The molecule has 6 nitrogen and oxygen atoms in total. The van der Waals surface area contributed by atoms with Crippen LogP contribution < -0.4 is 0 Å². The van der Waals surface area contributed by atoms with E-state index in [1.54, 1.807) is 6.07 Å². The molecule has 1 N–H and O–H groups in total. The van der Waals surface area contributed by atoms with E-state index in [0.717, 1.165) is 29.9 Å². The number of fused-ring (bicyclic) bond motifs is 1. The molecular weight excluding hydrogens is 316 g/mol. The highest BCUT2D eigenvalue weighted by molar-refractivity contribution is 5.97. The Hall–Kier alpha value is -2.63. The van der Waals surface area contributed by atoms with Gasteiger partial charge in [0.05, 0.1) is 6.54 Å². The number of nitrogens with one attached hydrogen (secondary N) is 1. The molecule has 2 atom stereocenters. The summed E-state index contributed by atoms with van der Waals surface area (Å²) in [5, 5.41) is 10.7. The standard InChI is InChI=1S/C19H20N4O2/c1-11-8-15(11)18-7-5-14(25-18)10-23(13-3-4-13)19(24)12-2-6-16-17(9-12)21-22-20-16/h2,5-7,9,11,13,15H,3-4,8,10H2,1H3,(H,20,21,22)/t11-,15+/m0/s1. The predicted molar refractivity (Wildman–Crippen MR) is 92.0 cm³/mol. The number of rotatable bonds is 5. The van der Waals surface area contributed by atoms with Gasteiger partial charge in [0.1, 0.15) is 22.6 Å². The maximum atomic E-state index is 13.0. The summed E-state index contributed by atoms with van der Waals surface area (Å²) in [6.45, 7) is 2.77. The van der Waals surface area contributed by atoms with Crippen molar-refractivity contribution >= 4 is 16.9 Å². The van der Waals surface area contributed by atoms with Crippen molar-refractivity contribution in [2.75, 3.05) is 0 Å². The van der Waals surface area contributed by atoms with E-state index in [2.05, 4.69) is 28.4 Å². The van der Waals surface area contributed by atoms with Gasteiger partial charge in [-0.1, -0.05) is 6.92 Å². The fraction of sp³-hybridized carbons (Fsp3) is 0.421. The van der Waals surface area contributed by atoms with Crippen LogP contribution in [-0.2, 0) is 6.54 Å². The number of aromatic amines is 1. The van der Waals surface area contributed by atoms with E-state index in [1.807, 2.05) is 23.1 Å². The van der Waals surface area contributed by atoms with Gasteiger partial charge in [0.25, 0.3) is 5.91 Å². The largest absolute Gasteiger partial charge is 0.464 e. The first-order valence-electron chi connectivity index (χ1n) is 8.89. The molecule has 0 radical (unpaired) electrons. The molecule has 2 saturated carbocycles. The van der Waals surface area contributed by atoms with Crippen LogP contribution in [-0.4, -0.2) is 32.3 Å². The van der Waals surface area contributed by atoms with Crippen molar-refractivity contribution in [1.82, 2.24) is 20.3 Å². The number of carbonyl (C=O) groups is 1. The van der Waals surface area contributed by atoms with Crippen LogP contribution in [0.25, 0.3) is 11.0 Å². The molecule has 1 aromatic carbocycles. The number of aromatic nitrogens is 3. The van der Waals surface area contributed by atoms with E-state index in [4.69, 9.17) is 4.42 Å². The number of nitrogens with zero attached hydrogens (tertiary/aromatic N) is 3. The summed E-state index contributed by atoms with van der Waals surface area (Å²) in [4.78, 5) is 15.0. The second-order valence-electron chi connectivity index (χ2n) is 7.31. The summed E-state index contributed by atoms with van der Waals surface area (Å²) in [5.74, 6) is 3.25. The zero-order valence-corrected chi connectivity index (χ0v) is 14.1. The SMILES string of the molecule is C[C@H]1C[C@H]1c1ccc(CN(C(=O)c2ccc3n[nH]nc3c2)C2CC2)o1. The second kappa shape index (κ2) is 5.44. The summed E-state index contributed by atoms with van der Waals surface area (Å²) in [5.41, 5.74) is 2.13. The Balaban J connectivity index is 1.38. The lowest BCUT2D eigenvalue weighted by molar-refractivity contribution is 0.0717. The van der Waals surface area contributed by atoms with Gasteiger partial charge in [-0.05, 0) is 55.5 Å². The van der Waals surface area contributed by atoms with Crippen LogP contribution in [0, 0.1) is 5.92 Å².